The molecule has 6 nitrogen and oxygen atoms in total. The van der Waals surface area contributed by atoms with Gasteiger partial charge in [-0.05, 0) is 20.3 Å². The first kappa shape index (κ1) is 14.4. The number of carboxylic acid groups (broad SMARTS) is 1. The summed E-state index contributed by atoms with van der Waals surface area (Å²) in [6, 6.07) is -0.739. The molecular weight excluding hydrogens is 254 g/mol. The molecule has 0 saturated heterocycles. The van der Waals surface area contributed by atoms with Crippen LogP contribution in [-0.4, -0.2) is 28.1 Å². The number of aryl methyl sites for hydroxylation is 2. The average Bonchev–Trinajstić information content (AvgIpc) is 2.56. The van der Waals surface area contributed by atoms with Gasteiger partial charge < -0.3 is 15.7 Å². The summed E-state index contributed by atoms with van der Waals surface area (Å²) < 4.78 is 0. The largest absolute Gasteiger partial charge is 0.465 e. The summed E-state index contributed by atoms with van der Waals surface area (Å²) in [4.78, 5) is 27.7. The smallest absolute Gasteiger partial charge is 0.405 e. The molecule has 1 heterocycles. The summed E-state index contributed by atoms with van der Waals surface area (Å²) in [7, 11) is 0. The normalized spacial score (nSPS) is 11.9. The molecule has 0 aliphatic rings. The van der Waals surface area contributed by atoms with Gasteiger partial charge in [-0.15, -0.1) is 11.3 Å². The number of aromatic nitrogens is 1. The van der Waals surface area contributed by atoms with E-state index in [-0.39, 0.29) is 5.91 Å². The number of thiazole rings is 1. The molecule has 1 atom stereocenters. The lowest BCUT2D eigenvalue weighted by Crippen LogP contribution is -2.43. The van der Waals surface area contributed by atoms with Crippen LogP contribution in [0.4, 0.5) is 9.93 Å². The van der Waals surface area contributed by atoms with Gasteiger partial charge in [-0.2, -0.15) is 0 Å². The van der Waals surface area contributed by atoms with Gasteiger partial charge in [0, 0.05) is 4.88 Å². The molecule has 0 spiro atoms. The zero-order chi connectivity index (χ0) is 13.7. The van der Waals surface area contributed by atoms with Crippen molar-refractivity contribution in [2.75, 3.05) is 5.32 Å². The van der Waals surface area contributed by atoms with Gasteiger partial charge in [0.05, 0.1) is 5.69 Å². The van der Waals surface area contributed by atoms with Gasteiger partial charge in [0.15, 0.2) is 5.13 Å². The maximum Gasteiger partial charge on any atom is 0.405 e. The van der Waals surface area contributed by atoms with Crippen LogP contribution in [0.15, 0.2) is 0 Å². The third-order valence-electron chi connectivity index (χ3n) is 2.45. The van der Waals surface area contributed by atoms with Crippen LogP contribution in [0.3, 0.4) is 0 Å². The molecule has 0 radical (unpaired) electrons. The molecule has 1 rings (SSSR count). The zero-order valence-electron chi connectivity index (χ0n) is 10.6. The molecule has 0 bridgehead atoms. The molecule has 0 aromatic carbocycles. The Morgan fingerprint density at radius 3 is 2.56 bits per heavy atom. The monoisotopic (exact) mass is 271 g/mol. The molecule has 18 heavy (non-hydrogen) atoms. The highest BCUT2D eigenvalue weighted by Crippen LogP contribution is 2.21. The highest BCUT2D eigenvalue weighted by molar-refractivity contribution is 7.15. The molecule has 1 aromatic rings. The van der Waals surface area contributed by atoms with Crippen LogP contribution in [0.5, 0.6) is 0 Å². The van der Waals surface area contributed by atoms with E-state index in [1.165, 1.54) is 11.3 Å². The van der Waals surface area contributed by atoms with Gasteiger partial charge in [0.1, 0.15) is 6.04 Å². The fourth-order valence-corrected chi connectivity index (χ4v) is 2.24. The molecule has 3 N–H and O–H groups in total. The maximum atomic E-state index is 11.9. The van der Waals surface area contributed by atoms with Crippen molar-refractivity contribution < 1.29 is 14.7 Å². The fourth-order valence-electron chi connectivity index (χ4n) is 1.43. The third-order valence-corrected chi connectivity index (χ3v) is 3.44. The van der Waals surface area contributed by atoms with Crippen molar-refractivity contribution >= 4 is 28.5 Å². The maximum absolute atomic E-state index is 11.9. The van der Waals surface area contributed by atoms with Crippen LogP contribution < -0.4 is 10.6 Å². The first-order valence-corrected chi connectivity index (χ1v) is 6.50. The zero-order valence-corrected chi connectivity index (χ0v) is 11.4. The minimum atomic E-state index is -1.20. The Kier molecular flexibility index (Phi) is 5.08. The minimum Gasteiger partial charge on any atom is -0.465 e. The molecule has 100 valence electrons. The molecular formula is C11H17N3O3S. The quantitative estimate of drug-likeness (QED) is 0.765. The van der Waals surface area contributed by atoms with Crippen molar-refractivity contribution in [1.82, 2.24) is 10.3 Å². The third kappa shape index (κ3) is 3.99. The van der Waals surface area contributed by atoms with Crippen LogP contribution >= 0.6 is 11.3 Å². The van der Waals surface area contributed by atoms with E-state index in [4.69, 9.17) is 5.11 Å². The van der Waals surface area contributed by atoms with Gasteiger partial charge in [-0.1, -0.05) is 13.3 Å². The topological polar surface area (TPSA) is 91.3 Å². The van der Waals surface area contributed by atoms with E-state index in [2.05, 4.69) is 15.6 Å². The lowest BCUT2D eigenvalue weighted by molar-refractivity contribution is -0.118. The number of carbonyl (C=O) groups is 2. The van der Waals surface area contributed by atoms with E-state index >= 15 is 0 Å². The summed E-state index contributed by atoms with van der Waals surface area (Å²) in [5, 5.41) is 14.0. The van der Waals surface area contributed by atoms with Crippen LogP contribution in [0, 0.1) is 13.8 Å². The lowest BCUT2D eigenvalue weighted by atomic mass is 10.1. The molecule has 1 aromatic heterocycles. The second-order valence-corrected chi connectivity index (χ2v) is 5.14. The summed E-state index contributed by atoms with van der Waals surface area (Å²) in [5.41, 5.74) is 0.869. The molecule has 1 unspecified atom stereocenters. The van der Waals surface area contributed by atoms with Gasteiger partial charge >= 0.3 is 6.09 Å². The number of amides is 2. The van der Waals surface area contributed by atoms with Crippen LogP contribution in [-0.2, 0) is 4.79 Å². The standard InChI is InChI=1S/C11H17N3O3S/c1-4-5-8(13-11(16)17)9(15)14-10-12-6(2)7(3)18-10/h8,13H,4-5H2,1-3H3,(H,16,17)(H,12,14,15). The van der Waals surface area contributed by atoms with E-state index in [0.717, 1.165) is 10.6 Å². The number of carbonyl (C=O) groups excluding carboxylic acids is 1. The Morgan fingerprint density at radius 2 is 2.11 bits per heavy atom. The predicted octanol–water partition coefficient (Wildman–Crippen LogP) is 2.13. The van der Waals surface area contributed by atoms with Crippen molar-refractivity contribution in [3.8, 4) is 0 Å². The number of anilines is 1. The van der Waals surface area contributed by atoms with Crippen molar-refractivity contribution in [2.45, 2.75) is 39.7 Å². The average molecular weight is 271 g/mol. The minimum absolute atomic E-state index is 0.368. The van der Waals surface area contributed by atoms with Gasteiger partial charge in [-0.3, -0.25) is 4.79 Å². The first-order chi connectivity index (χ1) is 8.43. The fraction of sp³-hybridized carbons (Fsp3) is 0.545. The second-order valence-electron chi connectivity index (χ2n) is 3.94. The number of nitrogens with one attached hydrogen (secondary N) is 2. The molecule has 0 aliphatic heterocycles. The Morgan fingerprint density at radius 1 is 1.44 bits per heavy atom. The van der Waals surface area contributed by atoms with Crippen LogP contribution in [0.25, 0.3) is 0 Å². The number of nitrogens with zero attached hydrogens (tertiary/aromatic N) is 1. The highest BCUT2D eigenvalue weighted by Gasteiger charge is 2.20. The number of rotatable bonds is 5. The summed E-state index contributed by atoms with van der Waals surface area (Å²) in [5.74, 6) is -0.368. The second kappa shape index (κ2) is 6.34. The number of hydrogen-bond acceptors (Lipinski definition) is 4. The summed E-state index contributed by atoms with van der Waals surface area (Å²) in [6.45, 7) is 5.67. The summed E-state index contributed by atoms with van der Waals surface area (Å²) in [6.07, 6.45) is -0.0226. The molecule has 7 heteroatoms. The lowest BCUT2D eigenvalue weighted by Gasteiger charge is -2.14. The predicted molar refractivity (Wildman–Crippen MR) is 70.1 cm³/mol. The van der Waals surface area contributed by atoms with Crippen molar-refractivity contribution in [1.29, 1.82) is 0 Å². The van der Waals surface area contributed by atoms with E-state index in [1.807, 2.05) is 20.8 Å². The Bertz CT molecular complexity index is 425. The summed E-state index contributed by atoms with van der Waals surface area (Å²) >= 11 is 1.38. The van der Waals surface area contributed by atoms with Crippen LogP contribution in [0.1, 0.15) is 30.3 Å². The van der Waals surface area contributed by atoms with E-state index in [1.54, 1.807) is 0 Å². The first-order valence-electron chi connectivity index (χ1n) is 5.68. The Hall–Kier alpha value is -1.63. The molecule has 0 aliphatic carbocycles. The van der Waals surface area contributed by atoms with E-state index in [0.29, 0.717) is 18.0 Å². The molecule has 0 saturated carbocycles. The van der Waals surface area contributed by atoms with Gasteiger partial charge in [0.2, 0.25) is 5.91 Å². The molecule has 2 amide bonds. The van der Waals surface area contributed by atoms with E-state index < -0.39 is 12.1 Å². The van der Waals surface area contributed by atoms with Crippen molar-refractivity contribution in [2.24, 2.45) is 0 Å². The Balaban J connectivity index is 2.68. The number of hydrogen-bond donors (Lipinski definition) is 3. The van der Waals surface area contributed by atoms with Crippen molar-refractivity contribution in [3.63, 3.8) is 0 Å². The SMILES string of the molecule is CCCC(NC(=O)O)C(=O)Nc1nc(C)c(C)s1. The van der Waals surface area contributed by atoms with Crippen LogP contribution in [0.2, 0.25) is 0 Å². The van der Waals surface area contributed by atoms with Gasteiger partial charge in [-0.25, -0.2) is 9.78 Å². The molecule has 0 fully saturated rings. The van der Waals surface area contributed by atoms with Crippen molar-refractivity contribution in [3.05, 3.63) is 10.6 Å². The van der Waals surface area contributed by atoms with E-state index in [9.17, 15) is 9.59 Å². The van der Waals surface area contributed by atoms with Gasteiger partial charge in [0.25, 0.3) is 0 Å². The highest BCUT2D eigenvalue weighted by atomic mass is 32.1. The Labute approximate surface area is 109 Å².